The smallest absolute Gasteiger partial charge is 0.306 e. The van der Waals surface area contributed by atoms with Crippen molar-refractivity contribution in [2.75, 3.05) is 0 Å². The fraction of sp³-hybridized carbons (Fsp3) is 0.467. The van der Waals surface area contributed by atoms with Crippen LogP contribution in [0.4, 0.5) is 5.69 Å². The van der Waals surface area contributed by atoms with Crippen molar-refractivity contribution < 1.29 is 19.6 Å². The summed E-state index contributed by atoms with van der Waals surface area (Å²) in [5.74, 6) is -1.22. The van der Waals surface area contributed by atoms with Crippen LogP contribution in [0.25, 0.3) is 0 Å². The lowest BCUT2D eigenvalue weighted by Gasteiger charge is -2.26. The van der Waals surface area contributed by atoms with Gasteiger partial charge in [0.05, 0.1) is 17.3 Å². The Hall–Kier alpha value is -2.44. The van der Waals surface area contributed by atoms with Crippen molar-refractivity contribution in [1.82, 2.24) is 5.32 Å². The van der Waals surface area contributed by atoms with Gasteiger partial charge in [0.25, 0.3) is 5.69 Å². The number of nitrogens with one attached hydrogen (secondary N) is 1. The normalized spacial score (nSPS) is 21.1. The first-order valence-corrected chi connectivity index (χ1v) is 7.21. The highest BCUT2D eigenvalue weighted by molar-refractivity contribution is 5.79. The first kappa shape index (κ1) is 15.9. The number of hydrogen-bond donors (Lipinski definition) is 2. The Morgan fingerprint density at radius 1 is 1.18 bits per heavy atom. The Morgan fingerprint density at radius 3 is 2.27 bits per heavy atom. The zero-order chi connectivity index (χ0) is 16.1. The average molecular weight is 306 g/mol. The maximum Gasteiger partial charge on any atom is 0.306 e. The summed E-state index contributed by atoms with van der Waals surface area (Å²) < 4.78 is 0. The number of non-ortho nitro benzene ring substituents is 1. The van der Waals surface area contributed by atoms with E-state index in [1.807, 2.05) is 0 Å². The predicted molar refractivity (Wildman–Crippen MR) is 78.3 cm³/mol. The highest BCUT2D eigenvalue weighted by atomic mass is 16.6. The molecule has 0 saturated heterocycles. The zero-order valence-electron chi connectivity index (χ0n) is 12.0. The Kier molecular flexibility index (Phi) is 5.08. The molecule has 0 unspecified atom stereocenters. The minimum atomic E-state index is -0.768. The number of carboxylic acids is 1. The third-order valence-corrected chi connectivity index (χ3v) is 3.95. The Morgan fingerprint density at radius 2 is 1.77 bits per heavy atom. The first-order valence-electron chi connectivity index (χ1n) is 7.21. The van der Waals surface area contributed by atoms with Gasteiger partial charge in [0.15, 0.2) is 0 Å². The number of amides is 1. The van der Waals surface area contributed by atoms with Crippen LogP contribution in [0.1, 0.15) is 31.2 Å². The van der Waals surface area contributed by atoms with Crippen molar-refractivity contribution >= 4 is 17.6 Å². The van der Waals surface area contributed by atoms with E-state index in [9.17, 15) is 19.7 Å². The summed E-state index contributed by atoms with van der Waals surface area (Å²) >= 11 is 0. The third kappa shape index (κ3) is 4.28. The molecule has 0 bridgehead atoms. The molecule has 7 heteroatoms. The summed E-state index contributed by atoms with van der Waals surface area (Å²) in [6.07, 6.45) is 2.67. The van der Waals surface area contributed by atoms with E-state index in [4.69, 9.17) is 5.11 Å². The van der Waals surface area contributed by atoms with Crippen molar-refractivity contribution in [1.29, 1.82) is 0 Å². The lowest BCUT2D eigenvalue weighted by atomic mass is 9.86. The van der Waals surface area contributed by atoms with E-state index in [2.05, 4.69) is 5.32 Å². The topological polar surface area (TPSA) is 110 Å². The van der Waals surface area contributed by atoms with Gasteiger partial charge in [0, 0.05) is 18.2 Å². The van der Waals surface area contributed by atoms with Crippen LogP contribution in [0.3, 0.4) is 0 Å². The molecule has 0 atom stereocenters. The van der Waals surface area contributed by atoms with Crippen LogP contribution in [-0.4, -0.2) is 27.9 Å². The molecule has 1 aromatic rings. The fourth-order valence-corrected chi connectivity index (χ4v) is 2.68. The summed E-state index contributed by atoms with van der Waals surface area (Å²) in [6.45, 7) is 0. The number of carboxylic acid groups (broad SMARTS) is 1. The third-order valence-electron chi connectivity index (χ3n) is 3.95. The summed E-state index contributed by atoms with van der Waals surface area (Å²) in [7, 11) is 0. The minimum absolute atomic E-state index is 0.00356. The molecule has 1 saturated carbocycles. The molecule has 0 aromatic heterocycles. The van der Waals surface area contributed by atoms with Crippen LogP contribution in [0.2, 0.25) is 0 Å². The first-order chi connectivity index (χ1) is 10.5. The van der Waals surface area contributed by atoms with Gasteiger partial charge in [-0.2, -0.15) is 0 Å². The lowest BCUT2D eigenvalue weighted by Crippen LogP contribution is -2.39. The van der Waals surface area contributed by atoms with Crippen molar-refractivity contribution in [3.63, 3.8) is 0 Å². The molecule has 0 aliphatic heterocycles. The van der Waals surface area contributed by atoms with Gasteiger partial charge in [0.1, 0.15) is 0 Å². The van der Waals surface area contributed by atoms with Crippen molar-refractivity contribution in [3.05, 3.63) is 39.9 Å². The SMILES string of the molecule is O=C(Cc1ccc([N+](=O)[O-])cc1)NC1CCC(C(=O)O)CC1. The van der Waals surface area contributed by atoms with Gasteiger partial charge >= 0.3 is 5.97 Å². The zero-order valence-corrected chi connectivity index (χ0v) is 12.0. The van der Waals surface area contributed by atoms with Gasteiger partial charge in [-0.25, -0.2) is 0 Å². The molecular weight excluding hydrogens is 288 g/mol. The van der Waals surface area contributed by atoms with Crippen LogP contribution in [0.5, 0.6) is 0 Å². The van der Waals surface area contributed by atoms with Crippen LogP contribution in [-0.2, 0) is 16.0 Å². The maximum absolute atomic E-state index is 12.0. The Bertz CT molecular complexity index is 562. The largest absolute Gasteiger partial charge is 0.481 e. The number of nitrogens with zero attached hydrogens (tertiary/aromatic N) is 1. The minimum Gasteiger partial charge on any atom is -0.481 e. The summed E-state index contributed by atoms with van der Waals surface area (Å²) in [5.41, 5.74) is 0.707. The molecule has 0 radical (unpaired) electrons. The van der Waals surface area contributed by atoms with Crippen LogP contribution >= 0.6 is 0 Å². The second-order valence-electron chi connectivity index (χ2n) is 5.55. The Balaban J connectivity index is 1.81. The molecule has 2 N–H and O–H groups in total. The van der Waals surface area contributed by atoms with Crippen LogP contribution in [0, 0.1) is 16.0 Å². The van der Waals surface area contributed by atoms with Gasteiger partial charge < -0.3 is 10.4 Å². The molecule has 1 aliphatic rings. The molecule has 1 amide bonds. The van der Waals surface area contributed by atoms with Crippen molar-refractivity contribution in [2.24, 2.45) is 5.92 Å². The van der Waals surface area contributed by atoms with E-state index in [0.717, 1.165) is 0 Å². The van der Waals surface area contributed by atoms with Gasteiger partial charge in [-0.05, 0) is 31.2 Å². The number of carbonyl (C=O) groups excluding carboxylic acids is 1. The predicted octanol–water partition coefficient (Wildman–Crippen LogP) is 1.90. The Labute approximate surface area is 127 Å². The standard InChI is InChI=1S/C15H18N2O5/c18-14(9-10-1-7-13(8-2-10)17(21)22)16-12-5-3-11(4-6-12)15(19)20/h1-2,7-8,11-12H,3-6,9H2,(H,16,18)(H,19,20). The summed E-state index contributed by atoms with van der Waals surface area (Å²) in [6, 6.07) is 5.90. The number of aliphatic carboxylic acids is 1. The molecule has 7 nitrogen and oxygen atoms in total. The second-order valence-corrected chi connectivity index (χ2v) is 5.55. The van der Waals surface area contributed by atoms with E-state index < -0.39 is 10.9 Å². The number of hydrogen-bond acceptors (Lipinski definition) is 4. The van der Waals surface area contributed by atoms with Gasteiger partial charge in [-0.3, -0.25) is 19.7 Å². The maximum atomic E-state index is 12.0. The van der Waals surface area contributed by atoms with Crippen LogP contribution < -0.4 is 5.32 Å². The molecule has 2 rings (SSSR count). The second kappa shape index (κ2) is 7.02. The van der Waals surface area contributed by atoms with E-state index in [1.165, 1.54) is 12.1 Å². The van der Waals surface area contributed by atoms with E-state index >= 15 is 0 Å². The number of nitro benzene ring substituents is 1. The molecule has 1 aliphatic carbocycles. The van der Waals surface area contributed by atoms with E-state index in [-0.39, 0.29) is 30.0 Å². The molecule has 118 valence electrons. The molecule has 1 aromatic carbocycles. The molecular formula is C15H18N2O5. The highest BCUT2D eigenvalue weighted by Gasteiger charge is 2.26. The van der Waals surface area contributed by atoms with Gasteiger partial charge in [-0.15, -0.1) is 0 Å². The van der Waals surface area contributed by atoms with Crippen molar-refractivity contribution in [2.45, 2.75) is 38.1 Å². The number of carbonyl (C=O) groups is 2. The molecule has 22 heavy (non-hydrogen) atoms. The summed E-state index contributed by atoms with van der Waals surface area (Å²) in [4.78, 5) is 32.9. The fourth-order valence-electron chi connectivity index (χ4n) is 2.68. The number of rotatable bonds is 5. The van der Waals surface area contributed by atoms with Gasteiger partial charge in [-0.1, -0.05) is 12.1 Å². The number of nitro groups is 1. The average Bonchev–Trinajstić information content (AvgIpc) is 2.48. The van der Waals surface area contributed by atoms with E-state index in [1.54, 1.807) is 12.1 Å². The monoisotopic (exact) mass is 306 g/mol. The highest BCUT2D eigenvalue weighted by Crippen LogP contribution is 2.24. The number of benzene rings is 1. The van der Waals surface area contributed by atoms with Crippen LogP contribution in [0.15, 0.2) is 24.3 Å². The molecule has 1 fully saturated rings. The van der Waals surface area contributed by atoms with Gasteiger partial charge in [0.2, 0.25) is 5.91 Å². The quantitative estimate of drug-likeness (QED) is 0.637. The van der Waals surface area contributed by atoms with E-state index in [0.29, 0.717) is 31.2 Å². The molecule has 0 spiro atoms. The van der Waals surface area contributed by atoms with Crippen molar-refractivity contribution in [3.8, 4) is 0 Å². The lowest BCUT2D eigenvalue weighted by molar-refractivity contribution is -0.384. The molecule has 0 heterocycles. The summed E-state index contributed by atoms with van der Waals surface area (Å²) in [5, 5.41) is 22.4.